The smallest absolute Gasteiger partial charge is 0.238 e. The molecule has 69 heavy (non-hydrogen) atoms. The molecule has 14 rings (SSSR count). The average molecular weight is 883 g/mol. The van der Waals surface area contributed by atoms with Crippen molar-refractivity contribution >= 4 is 65.4 Å². The van der Waals surface area contributed by atoms with Gasteiger partial charge in [0.25, 0.3) is 0 Å². The van der Waals surface area contributed by atoms with E-state index in [0.717, 1.165) is 88.7 Å². The SMILES string of the molecule is c1ccc(-c2cc(-n3c4ccccc4c4ccccc43)nc(-c3cccc(-c4nc(-c5ccccc5)nc(-n5c6ccccc6c6ccc7c8ccccc8n(-c8ccccc8)c7c65)n4)c3)n2)cc1. The van der Waals surface area contributed by atoms with E-state index in [-0.39, 0.29) is 0 Å². The molecule has 0 atom stereocenters. The highest BCUT2D eigenvalue weighted by atomic mass is 15.2. The highest BCUT2D eigenvalue weighted by Crippen LogP contribution is 2.42. The van der Waals surface area contributed by atoms with Crippen LogP contribution in [0.2, 0.25) is 0 Å². The van der Waals surface area contributed by atoms with Crippen LogP contribution in [0.3, 0.4) is 0 Å². The molecule has 8 nitrogen and oxygen atoms in total. The third-order valence-electron chi connectivity index (χ3n) is 13.3. The first-order chi connectivity index (χ1) is 34.2. The molecule has 0 radical (unpaired) electrons. The minimum absolute atomic E-state index is 0.517. The van der Waals surface area contributed by atoms with Gasteiger partial charge in [0, 0.05) is 66.3 Å². The third-order valence-corrected chi connectivity index (χ3v) is 13.3. The molecule has 0 aliphatic carbocycles. The maximum Gasteiger partial charge on any atom is 0.238 e. The Morgan fingerprint density at radius 2 is 0.681 bits per heavy atom. The summed E-state index contributed by atoms with van der Waals surface area (Å²) in [5.41, 5.74) is 11.8. The standard InChI is InChI=1S/C61H38N8/c1-4-19-39(20-5-1)50-38-55(68-52-32-15-10-27-44(52)45-28-11-16-33-53(45)68)63-59(62-50)41-23-18-24-42(37-41)60-64-58(40-21-6-2-7-22-40)65-61(66-60)69-54-34-17-13-30-47(54)49-36-35-48-46-29-12-14-31-51(46)67(56(48)57(49)69)43-25-8-3-9-26-43/h1-38H. The molecule has 0 saturated heterocycles. The molecule has 5 heterocycles. The number of rotatable bonds is 7. The molecule has 322 valence electrons. The van der Waals surface area contributed by atoms with Gasteiger partial charge < -0.3 is 4.57 Å². The Kier molecular flexibility index (Phi) is 8.72. The third kappa shape index (κ3) is 6.20. The van der Waals surface area contributed by atoms with E-state index >= 15 is 0 Å². The molecule has 8 heteroatoms. The second-order valence-corrected chi connectivity index (χ2v) is 17.3. The molecule has 0 bridgehead atoms. The second-order valence-electron chi connectivity index (χ2n) is 17.3. The van der Waals surface area contributed by atoms with Gasteiger partial charge in [-0.05, 0) is 42.5 Å². The van der Waals surface area contributed by atoms with Crippen LogP contribution >= 0.6 is 0 Å². The largest absolute Gasteiger partial charge is 0.307 e. The Morgan fingerprint density at radius 1 is 0.261 bits per heavy atom. The van der Waals surface area contributed by atoms with Crippen molar-refractivity contribution in [2.24, 2.45) is 0 Å². The van der Waals surface area contributed by atoms with E-state index in [1.165, 1.54) is 16.2 Å². The quantitative estimate of drug-likeness (QED) is 0.159. The number of hydrogen-bond donors (Lipinski definition) is 0. The topological polar surface area (TPSA) is 79.2 Å². The maximum atomic E-state index is 5.45. The summed E-state index contributed by atoms with van der Waals surface area (Å²) in [7, 11) is 0. The number of aromatic nitrogens is 8. The summed E-state index contributed by atoms with van der Waals surface area (Å²) in [6.45, 7) is 0. The summed E-state index contributed by atoms with van der Waals surface area (Å²) in [6, 6.07) is 80.1. The van der Waals surface area contributed by atoms with Crippen molar-refractivity contribution in [3.63, 3.8) is 0 Å². The fourth-order valence-electron chi connectivity index (χ4n) is 10.3. The van der Waals surface area contributed by atoms with Crippen LogP contribution in [0.5, 0.6) is 0 Å². The number of hydrogen-bond acceptors (Lipinski definition) is 5. The first-order valence-corrected chi connectivity index (χ1v) is 23.1. The van der Waals surface area contributed by atoms with Gasteiger partial charge in [-0.1, -0.05) is 182 Å². The monoisotopic (exact) mass is 882 g/mol. The summed E-state index contributed by atoms with van der Waals surface area (Å²) >= 11 is 0. The minimum Gasteiger partial charge on any atom is -0.307 e. The highest BCUT2D eigenvalue weighted by Gasteiger charge is 2.24. The van der Waals surface area contributed by atoms with Crippen LogP contribution in [-0.4, -0.2) is 38.6 Å². The van der Waals surface area contributed by atoms with Crippen LogP contribution in [0.1, 0.15) is 0 Å². The molecule has 0 aliphatic rings. The van der Waals surface area contributed by atoms with Crippen LogP contribution in [-0.2, 0) is 0 Å². The summed E-state index contributed by atoms with van der Waals surface area (Å²) in [6.07, 6.45) is 0. The van der Waals surface area contributed by atoms with Crippen LogP contribution in [0.15, 0.2) is 231 Å². The molecular formula is C61H38N8. The van der Waals surface area contributed by atoms with Crippen LogP contribution in [0.4, 0.5) is 0 Å². The summed E-state index contributed by atoms with van der Waals surface area (Å²) in [4.78, 5) is 26.7. The molecule has 5 aromatic heterocycles. The first-order valence-electron chi connectivity index (χ1n) is 23.1. The van der Waals surface area contributed by atoms with Crippen molar-refractivity contribution in [2.45, 2.75) is 0 Å². The Morgan fingerprint density at radius 3 is 1.26 bits per heavy atom. The van der Waals surface area contributed by atoms with Gasteiger partial charge in [-0.2, -0.15) is 9.97 Å². The zero-order valence-electron chi connectivity index (χ0n) is 37.0. The second kappa shape index (κ2) is 15.5. The lowest BCUT2D eigenvalue weighted by Crippen LogP contribution is -2.07. The first kappa shape index (κ1) is 38.7. The van der Waals surface area contributed by atoms with Gasteiger partial charge >= 0.3 is 0 Å². The van der Waals surface area contributed by atoms with Crippen molar-refractivity contribution in [3.05, 3.63) is 231 Å². The number of para-hydroxylation sites is 5. The zero-order valence-corrected chi connectivity index (χ0v) is 37.0. The molecule has 0 unspecified atom stereocenters. The molecule has 9 aromatic carbocycles. The maximum absolute atomic E-state index is 5.45. The Balaban J connectivity index is 1.01. The van der Waals surface area contributed by atoms with Crippen molar-refractivity contribution < 1.29 is 0 Å². The van der Waals surface area contributed by atoms with Gasteiger partial charge in [-0.15, -0.1) is 0 Å². The summed E-state index contributed by atoms with van der Waals surface area (Å²) in [5, 5.41) is 6.88. The lowest BCUT2D eigenvalue weighted by atomic mass is 10.1. The highest BCUT2D eigenvalue weighted by molar-refractivity contribution is 6.23. The Hall–Kier alpha value is -9.53. The van der Waals surface area contributed by atoms with Crippen molar-refractivity contribution in [1.82, 2.24) is 38.6 Å². The van der Waals surface area contributed by atoms with Crippen molar-refractivity contribution in [1.29, 1.82) is 0 Å². The lowest BCUT2D eigenvalue weighted by molar-refractivity contribution is 0.953. The summed E-state index contributed by atoms with van der Waals surface area (Å²) < 4.78 is 6.86. The van der Waals surface area contributed by atoms with Gasteiger partial charge in [0.05, 0.1) is 38.8 Å². The van der Waals surface area contributed by atoms with E-state index in [1.807, 2.05) is 42.5 Å². The van der Waals surface area contributed by atoms with E-state index in [9.17, 15) is 0 Å². The van der Waals surface area contributed by atoms with E-state index in [4.69, 9.17) is 24.9 Å². The number of fused-ring (bicyclic) bond motifs is 10. The molecule has 0 amide bonds. The van der Waals surface area contributed by atoms with E-state index in [1.54, 1.807) is 0 Å². The van der Waals surface area contributed by atoms with Gasteiger partial charge in [-0.25, -0.2) is 15.0 Å². The van der Waals surface area contributed by atoms with E-state index in [0.29, 0.717) is 23.4 Å². The lowest BCUT2D eigenvalue weighted by Gasteiger charge is -2.14. The predicted octanol–water partition coefficient (Wildman–Crippen LogP) is 14.6. The Labute approximate surface area is 395 Å². The molecule has 0 aliphatic heterocycles. The van der Waals surface area contributed by atoms with Gasteiger partial charge in [0.15, 0.2) is 17.5 Å². The van der Waals surface area contributed by atoms with Crippen LogP contribution < -0.4 is 0 Å². The fourth-order valence-corrected chi connectivity index (χ4v) is 10.3. The number of benzene rings is 9. The summed E-state index contributed by atoms with van der Waals surface area (Å²) in [5.74, 6) is 2.99. The molecule has 0 N–H and O–H groups in total. The Bertz CT molecular complexity index is 4250. The van der Waals surface area contributed by atoms with Crippen LogP contribution in [0, 0.1) is 0 Å². The van der Waals surface area contributed by atoms with Gasteiger partial charge in [-0.3, -0.25) is 9.13 Å². The zero-order chi connectivity index (χ0) is 45.4. The average Bonchev–Trinajstić information content (AvgIpc) is 4.07. The molecular weight excluding hydrogens is 845 g/mol. The van der Waals surface area contributed by atoms with Crippen molar-refractivity contribution in [2.75, 3.05) is 0 Å². The molecule has 14 aromatic rings. The molecule has 0 saturated carbocycles. The van der Waals surface area contributed by atoms with Gasteiger partial charge in [0.2, 0.25) is 5.95 Å². The number of nitrogens with zero attached hydrogens (tertiary/aromatic N) is 8. The normalized spacial score (nSPS) is 11.8. The van der Waals surface area contributed by atoms with Crippen molar-refractivity contribution in [3.8, 4) is 62.9 Å². The molecule has 0 fully saturated rings. The minimum atomic E-state index is 0.517. The van der Waals surface area contributed by atoms with E-state index in [2.05, 4.69) is 202 Å². The van der Waals surface area contributed by atoms with Gasteiger partial charge in [0.1, 0.15) is 5.82 Å². The van der Waals surface area contributed by atoms with E-state index < -0.39 is 0 Å². The fraction of sp³-hybridized carbons (Fsp3) is 0. The molecule has 0 spiro atoms. The predicted molar refractivity (Wildman–Crippen MR) is 280 cm³/mol. The van der Waals surface area contributed by atoms with Crippen LogP contribution in [0.25, 0.3) is 128 Å².